The first-order valence-corrected chi connectivity index (χ1v) is 13.4. The third kappa shape index (κ3) is 6.92. The molecule has 1 heterocycles. The number of amides is 1. The van der Waals surface area contributed by atoms with E-state index in [0.29, 0.717) is 36.8 Å². The number of aliphatic hydroxyl groups excluding tert-OH is 1. The van der Waals surface area contributed by atoms with Crippen molar-refractivity contribution in [3.63, 3.8) is 0 Å². The van der Waals surface area contributed by atoms with E-state index < -0.39 is 17.7 Å². The van der Waals surface area contributed by atoms with E-state index >= 15 is 0 Å². The highest BCUT2D eigenvalue weighted by Crippen LogP contribution is 2.40. The molecule has 1 atom stereocenters. The Bertz CT molecular complexity index is 1080. The fraction of sp³-hybridized carbons (Fsp3) is 0.467. The second-order valence-electron chi connectivity index (χ2n) is 9.17. The molecular weight excluding hydrogens is 468 g/mol. The molecule has 37 heavy (non-hydrogen) atoms. The molecule has 7 nitrogen and oxygen atoms in total. The Kier molecular flexibility index (Phi) is 10.6. The Labute approximate surface area is 220 Å². The van der Waals surface area contributed by atoms with Gasteiger partial charge in [0.1, 0.15) is 17.3 Å². The zero-order valence-corrected chi connectivity index (χ0v) is 22.5. The molecule has 1 N–H and O–H groups in total. The van der Waals surface area contributed by atoms with Crippen LogP contribution in [0.1, 0.15) is 64.1 Å². The van der Waals surface area contributed by atoms with Crippen LogP contribution in [0.15, 0.2) is 54.1 Å². The summed E-state index contributed by atoms with van der Waals surface area (Å²) in [6, 6.07) is 13.7. The van der Waals surface area contributed by atoms with Gasteiger partial charge in [-0.15, -0.1) is 0 Å². The molecule has 7 heteroatoms. The average Bonchev–Trinajstić information content (AvgIpc) is 3.18. The summed E-state index contributed by atoms with van der Waals surface area (Å²) >= 11 is 0. The number of likely N-dealkylation sites (tertiary alicyclic amines) is 1. The maximum Gasteiger partial charge on any atom is 0.295 e. The molecular formula is C30H40N2O5. The van der Waals surface area contributed by atoms with Crippen molar-refractivity contribution in [2.24, 2.45) is 0 Å². The van der Waals surface area contributed by atoms with Crippen LogP contribution >= 0.6 is 0 Å². The van der Waals surface area contributed by atoms with E-state index in [2.05, 4.69) is 18.7 Å². The summed E-state index contributed by atoms with van der Waals surface area (Å²) in [5.74, 6) is -0.0833. The van der Waals surface area contributed by atoms with Crippen LogP contribution in [0.4, 0.5) is 0 Å². The highest BCUT2D eigenvalue weighted by molar-refractivity contribution is 6.46. The predicted molar refractivity (Wildman–Crippen MR) is 146 cm³/mol. The third-order valence-electron chi connectivity index (χ3n) is 6.56. The summed E-state index contributed by atoms with van der Waals surface area (Å²) in [6.07, 6.45) is 2.48. The van der Waals surface area contributed by atoms with Crippen LogP contribution < -0.4 is 9.47 Å². The molecule has 1 aliphatic heterocycles. The zero-order chi connectivity index (χ0) is 26.8. The van der Waals surface area contributed by atoms with Crippen LogP contribution in [0.2, 0.25) is 0 Å². The largest absolute Gasteiger partial charge is 0.507 e. The smallest absolute Gasteiger partial charge is 0.295 e. The molecule has 1 saturated heterocycles. The van der Waals surface area contributed by atoms with Crippen LogP contribution in [0.5, 0.6) is 11.5 Å². The first-order chi connectivity index (χ1) is 17.9. The molecule has 0 aliphatic carbocycles. The lowest BCUT2D eigenvalue weighted by Gasteiger charge is -2.27. The number of hydrogen-bond acceptors (Lipinski definition) is 6. The quantitative estimate of drug-likeness (QED) is 0.209. The van der Waals surface area contributed by atoms with E-state index in [0.717, 1.165) is 44.5 Å². The topological polar surface area (TPSA) is 79.3 Å². The number of rotatable bonds is 14. The fourth-order valence-corrected chi connectivity index (χ4v) is 4.54. The Balaban J connectivity index is 2.00. The lowest BCUT2D eigenvalue weighted by Crippen LogP contribution is -2.33. The van der Waals surface area contributed by atoms with Gasteiger partial charge in [0.25, 0.3) is 11.7 Å². The van der Waals surface area contributed by atoms with E-state index in [1.54, 1.807) is 29.2 Å². The highest BCUT2D eigenvalue weighted by atomic mass is 16.5. The van der Waals surface area contributed by atoms with Crippen LogP contribution in [0, 0.1) is 0 Å². The molecule has 0 bridgehead atoms. The highest BCUT2D eigenvalue weighted by Gasteiger charge is 2.45. The number of ether oxygens (including phenoxy) is 2. The molecule has 1 unspecified atom stereocenters. The van der Waals surface area contributed by atoms with Gasteiger partial charge in [-0.3, -0.25) is 9.59 Å². The summed E-state index contributed by atoms with van der Waals surface area (Å²) in [5, 5.41) is 11.3. The normalized spacial score (nSPS) is 17.0. The van der Waals surface area contributed by atoms with Gasteiger partial charge in [0.05, 0.1) is 24.8 Å². The van der Waals surface area contributed by atoms with E-state index in [1.165, 1.54) is 0 Å². The molecule has 0 aromatic heterocycles. The van der Waals surface area contributed by atoms with Gasteiger partial charge >= 0.3 is 0 Å². The van der Waals surface area contributed by atoms with Crippen molar-refractivity contribution in [1.29, 1.82) is 0 Å². The van der Waals surface area contributed by atoms with E-state index in [4.69, 9.17) is 9.47 Å². The Hall–Kier alpha value is -3.32. The van der Waals surface area contributed by atoms with Gasteiger partial charge in [-0.05, 0) is 80.9 Å². The SMILES string of the molecule is CCCOc1ccc(/C(O)=C2\C(=O)C(=O)N(CCCN(CC)CC)C2c2cccc(OCCC)c2)cc1. The predicted octanol–water partition coefficient (Wildman–Crippen LogP) is 5.42. The summed E-state index contributed by atoms with van der Waals surface area (Å²) in [7, 11) is 0. The monoisotopic (exact) mass is 508 g/mol. The number of carbonyl (C=O) groups is 2. The number of benzene rings is 2. The molecule has 1 fully saturated rings. The number of aliphatic hydroxyl groups is 1. The molecule has 3 rings (SSSR count). The van der Waals surface area contributed by atoms with Crippen molar-refractivity contribution in [1.82, 2.24) is 9.80 Å². The molecule has 1 amide bonds. The van der Waals surface area contributed by atoms with Crippen molar-refractivity contribution >= 4 is 17.4 Å². The third-order valence-corrected chi connectivity index (χ3v) is 6.56. The lowest BCUT2D eigenvalue weighted by molar-refractivity contribution is -0.140. The van der Waals surface area contributed by atoms with Gasteiger partial charge in [-0.2, -0.15) is 0 Å². The minimum absolute atomic E-state index is 0.0997. The maximum atomic E-state index is 13.3. The molecule has 1 aliphatic rings. The number of carbonyl (C=O) groups excluding carboxylic acids is 2. The lowest BCUT2D eigenvalue weighted by atomic mass is 9.95. The van der Waals surface area contributed by atoms with E-state index in [-0.39, 0.29) is 11.3 Å². The van der Waals surface area contributed by atoms with Gasteiger partial charge in [0.15, 0.2) is 0 Å². The first kappa shape index (κ1) is 28.3. The van der Waals surface area contributed by atoms with Gasteiger partial charge in [0, 0.05) is 12.1 Å². The summed E-state index contributed by atoms with van der Waals surface area (Å²) in [5.41, 5.74) is 1.30. The number of nitrogens with zero attached hydrogens (tertiary/aromatic N) is 2. The number of ketones is 1. The van der Waals surface area contributed by atoms with E-state index in [1.807, 2.05) is 38.1 Å². The van der Waals surface area contributed by atoms with Gasteiger partial charge in [0.2, 0.25) is 0 Å². The zero-order valence-electron chi connectivity index (χ0n) is 22.5. The molecule has 0 radical (unpaired) electrons. The van der Waals surface area contributed by atoms with Gasteiger partial charge < -0.3 is 24.4 Å². The van der Waals surface area contributed by atoms with Crippen LogP contribution in [0.25, 0.3) is 5.76 Å². The molecule has 2 aromatic rings. The summed E-state index contributed by atoms with van der Waals surface area (Å²) in [4.78, 5) is 30.4. The van der Waals surface area contributed by atoms with Crippen LogP contribution in [-0.2, 0) is 9.59 Å². The van der Waals surface area contributed by atoms with E-state index in [9.17, 15) is 14.7 Å². The van der Waals surface area contributed by atoms with Crippen LogP contribution in [0.3, 0.4) is 0 Å². The van der Waals surface area contributed by atoms with Crippen molar-refractivity contribution in [3.05, 3.63) is 65.2 Å². The second-order valence-corrected chi connectivity index (χ2v) is 9.17. The van der Waals surface area contributed by atoms with Gasteiger partial charge in [-0.1, -0.05) is 39.8 Å². The van der Waals surface area contributed by atoms with Crippen molar-refractivity contribution in [2.45, 2.75) is 53.0 Å². The van der Waals surface area contributed by atoms with Crippen molar-refractivity contribution in [3.8, 4) is 11.5 Å². The minimum Gasteiger partial charge on any atom is -0.507 e. The Morgan fingerprint density at radius 1 is 0.919 bits per heavy atom. The minimum atomic E-state index is -0.696. The Morgan fingerprint density at radius 2 is 1.57 bits per heavy atom. The fourth-order valence-electron chi connectivity index (χ4n) is 4.54. The van der Waals surface area contributed by atoms with Gasteiger partial charge in [-0.25, -0.2) is 0 Å². The van der Waals surface area contributed by atoms with Crippen molar-refractivity contribution < 1.29 is 24.2 Å². The number of Topliss-reactive ketones (excluding diaryl/α,β-unsaturated/α-hetero) is 1. The second kappa shape index (κ2) is 13.8. The maximum absolute atomic E-state index is 13.3. The summed E-state index contributed by atoms with van der Waals surface area (Å²) in [6.45, 7) is 12.5. The molecule has 0 spiro atoms. The molecule has 200 valence electrons. The molecule has 0 saturated carbocycles. The first-order valence-electron chi connectivity index (χ1n) is 13.4. The standard InChI is InChI=1S/C30H40N2O5/c1-5-19-36-24-15-13-22(14-16-24)28(33)26-27(23-11-9-12-25(21-23)37-20-6-2)32(30(35)29(26)34)18-10-17-31(7-3)8-4/h9,11-16,21,27,33H,5-8,10,17-20H2,1-4H3/b28-26+. The van der Waals surface area contributed by atoms with Crippen LogP contribution in [-0.4, -0.2) is 66.0 Å². The average molecular weight is 509 g/mol. The summed E-state index contributed by atoms with van der Waals surface area (Å²) < 4.78 is 11.5. The molecule has 2 aromatic carbocycles. The Morgan fingerprint density at radius 3 is 2.19 bits per heavy atom. The van der Waals surface area contributed by atoms with Crippen molar-refractivity contribution in [2.75, 3.05) is 39.4 Å². The number of hydrogen-bond donors (Lipinski definition) is 1.